The Balaban J connectivity index is 1.39. The lowest BCUT2D eigenvalue weighted by molar-refractivity contribution is -0.146. The molecule has 4 rings (SSSR count). The van der Waals surface area contributed by atoms with E-state index in [9.17, 15) is 19.2 Å². The highest BCUT2D eigenvalue weighted by molar-refractivity contribution is 5.82. The third-order valence-corrected chi connectivity index (χ3v) is 7.93. The minimum Gasteiger partial charge on any atom is -0.496 e. The van der Waals surface area contributed by atoms with Gasteiger partial charge in [-0.15, -0.1) is 0 Å². The van der Waals surface area contributed by atoms with Gasteiger partial charge in [-0.25, -0.2) is 0 Å². The van der Waals surface area contributed by atoms with E-state index in [-0.39, 0.29) is 49.4 Å². The first kappa shape index (κ1) is 32.8. The van der Waals surface area contributed by atoms with Crippen LogP contribution in [0, 0.1) is 0 Å². The van der Waals surface area contributed by atoms with Crippen LogP contribution >= 0.6 is 0 Å². The van der Waals surface area contributed by atoms with Gasteiger partial charge in [0.05, 0.1) is 40.3 Å². The van der Waals surface area contributed by atoms with Crippen molar-refractivity contribution < 1.29 is 38.1 Å². The maximum Gasteiger partial charge on any atom is 0.306 e. The van der Waals surface area contributed by atoms with Gasteiger partial charge in [0.25, 0.3) is 0 Å². The number of hydrogen-bond donors (Lipinski definition) is 0. The molecule has 0 saturated heterocycles. The topological polar surface area (TPSA) is 115 Å². The van der Waals surface area contributed by atoms with Gasteiger partial charge < -0.3 is 28.7 Å². The molecule has 0 unspecified atom stereocenters. The number of carbonyl (C=O) groups is 4. The Bertz CT molecular complexity index is 1290. The molecule has 0 saturated carbocycles. The molecule has 0 atom stereocenters. The van der Waals surface area contributed by atoms with Gasteiger partial charge >= 0.3 is 11.9 Å². The molecule has 2 aliphatic rings. The number of amides is 2. The van der Waals surface area contributed by atoms with E-state index in [0.717, 1.165) is 44.9 Å². The molecule has 0 spiro atoms. The van der Waals surface area contributed by atoms with Crippen LogP contribution < -0.4 is 9.47 Å². The summed E-state index contributed by atoms with van der Waals surface area (Å²) in [6.07, 6.45) is 0.410. The van der Waals surface area contributed by atoms with E-state index in [1.807, 2.05) is 19.2 Å². The molecule has 44 heavy (non-hydrogen) atoms. The van der Waals surface area contributed by atoms with Crippen molar-refractivity contribution in [1.82, 2.24) is 14.7 Å². The number of benzene rings is 2. The summed E-state index contributed by atoms with van der Waals surface area (Å²) >= 11 is 0. The zero-order valence-electron chi connectivity index (χ0n) is 26.4. The molecule has 0 aromatic heterocycles. The number of methoxy groups -OCH3 is 2. The van der Waals surface area contributed by atoms with Crippen molar-refractivity contribution >= 4 is 23.8 Å². The lowest BCUT2D eigenvalue weighted by Gasteiger charge is -2.21. The first-order valence-electron chi connectivity index (χ1n) is 15.1. The number of ether oxygens (including phenoxy) is 4. The molecule has 0 bridgehead atoms. The third-order valence-electron chi connectivity index (χ3n) is 7.93. The van der Waals surface area contributed by atoms with E-state index in [2.05, 4.69) is 17.0 Å². The van der Waals surface area contributed by atoms with Gasteiger partial charge in [-0.05, 0) is 67.4 Å². The second-order valence-electron chi connectivity index (χ2n) is 11.1. The van der Waals surface area contributed by atoms with Crippen molar-refractivity contribution in [3.8, 4) is 11.5 Å². The molecular weight excluding hydrogens is 566 g/mol. The first-order chi connectivity index (χ1) is 21.1. The Morgan fingerprint density at radius 2 is 1.00 bits per heavy atom. The molecule has 2 amide bonds. The summed E-state index contributed by atoms with van der Waals surface area (Å²) in [7, 11) is 5.31. The normalized spacial score (nSPS) is 13.5. The van der Waals surface area contributed by atoms with Crippen molar-refractivity contribution in [2.75, 3.05) is 34.5 Å². The molecule has 238 valence electrons. The number of carbonyl (C=O) groups excluding carboxylic acids is 4. The van der Waals surface area contributed by atoms with Crippen LogP contribution in [0.3, 0.4) is 0 Å². The highest BCUT2D eigenvalue weighted by Gasteiger charge is 2.27. The molecule has 2 aliphatic heterocycles. The summed E-state index contributed by atoms with van der Waals surface area (Å²) in [5.41, 5.74) is 6.24. The summed E-state index contributed by atoms with van der Waals surface area (Å²) in [5, 5.41) is 0. The summed E-state index contributed by atoms with van der Waals surface area (Å²) < 4.78 is 21.4. The summed E-state index contributed by atoms with van der Waals surface area (Å²) in [6, 6.07) is 8.20. The zero-order chi connectivity index (χ0) is 31.8. The van der Waals surface area contributed by atoms with Crippen LogP contribution in [-0.2, 0) is 67.9 Å². The fourth-order valence-corrected chi connectivity index (χ4v) is 5.78. The van der Waals surface area contributed by atoms with Gasteiger partial charge in [-0.2, -0.15) is 0 Å². The van der Waals surface area contributed by atoms with E-state index in [1.54, 1.807) is 37.9 Å². The van der Waals surface area contributed by atoms with Crippen LogP contribution in [0.4, 0.5) is 0 Å². The SMILES string of the molecule is CCOC(=O)CCC(=O)N1Cc2cc(CN(C)Cc3cc4c(cc3OC)CN(C(=O)CCC(=O)OCC)C4)c(OC)cc2C1. The van der Waals surface area contributed by atoms with Crippen molar-refractivity contribution in [3.63, 3.8) is 0 Å². The number of rotatable bonds is 14. The maximum atomic E-state index is 12.8. The smallest absolute Gasteiger partial charge is 0.306 e. The predicted molar refractivity (Wildman–Crippen MR) is 161 cm³/mol. The fourth-order valence-electron chi connectivity index (χ4n) is 5.78. The highest BCUT2D eigenvalue weighted by Crippen LogP contribution is 2.34. The van der Waals surface area contributed by atoms with E-state index >= 15 is 0 Å². The molecule has 2 aromatic rings. The van der Waals surface area contributed by atoms with Crippen LogP contribution in [0.15, 0.2) is 24.3 Å². The van der Waals surface area contributed by atoms with Crippen LogP contribution in [0.2, 0.25) is 0 Å². The van der Waals surface area contributed by atoms with Crippen LogP contribution in [0.25, 0.3) is 0 Å². The fraction of sp³-hybridized carbons (Fsp3) is 0.515. The number of nitrogens with zero attached hydrogens (tertiary/aromatic N) is 3. The van der Waals surface area contributed by atoms with Crippen molar-refractivity contribution in [2.45, 2.75) is 78.8 Å². The largest absolute Gasteiger partial charge is 0.496 e. The van der Waals surface area contributed by atoms with Gasteiger partial charge in [0.2, 0.25) is 11.8 Å². The molecule has 11 nitrogen and oxygen atoms in total. The highest BCUT2D eigenvalue weighted by atomic mass is 16.5. The van der Waals surface area contributed by atoms with E-state index in [1.165, 1.54) is 0 Å². The zero-order valence-corrected chi connectivity index (χ0v) is 26.4. The summed E-state index contributed by atoms with van der Waals surface area (Å²) in [6.45, 7) is 7.26. The van der Waals surface area contributed by atoms with Crippen molar-refractivity contribution in [1.29, 1.82) is 0 Å². The van der Waals surface area contributed by atoms with Crippen molar-refractivity contribution in [2.24, 2.45) is 0 Å². The Morgan fingerprint density at radius 1 is 0.636 bits per heavy atom. The molecule has 2 heterocycles. The molecule has 0 aliphatic carbocycles. The summed E-state index contributed by atoms with van der Waals surface area (Å²) in [4.78, 5) is 54.6. The van der Waals surface area contributed by atoms with Gasteiger partial charge in [-0.1, -0.05) is 0 Å². The molecule has 0 fully saturated rings. The first-order valence-corrected chi connectivity index (χ1v) is 15.1. The quantitative estimate of drug-likeness (QED) is 0.296. The Hall–Kier alpha value is -4.12. The summed E-state index contributed by atoms with van der Waals surface area (Å²) in [5.74, 6) is 0.649. The second kappa shape index (κ2) is 15.1. The monoisotopic (exact) mass is 609 g/mol. The van der Waals surface area contributed by atoms with Gasteiger partial charge in [0.1, 0.15) is 11.5 Å². The van der Waals surface area contributed by atoms with Gasteiger partial charge in [-0.3, -0.25) is 24.1 Å². The third kappa shape index (κ3) is 8.07. The number of hydrogen-bond acceptors (Lipinski definition) is 9. The number of fused-ring (bicyclic) bond motifs is 2. The van der Waals surface area contributed by atoms with Gasteiger partial charge in [0.15, 0.2) is 0 Å². The minimum atomic E-state index is -0.360. The van der Waals surface area contributed by atoms with E-state index in [0.29, 0.717) is 52.5 Å². The Kier molecular flexibility index (Phi) is 11.2. The lowest BCUT2D eigenvalue weighted by Crippen LogP contribution is -2.25. The molecule has 11 heteroatoms. The molecule has 2 aromatic carbocycles. The molecule has 0 N–H and O–H groups in total. The molecule has 0 radical (unpaired) electrons. The standard InChI is InChI=1S/C33H43N3O8/c1-6-43-32(39)10-8-30(37)35-18-22-12-26(28(41-4)14-24(22)20-35)16-34(3)17-27-13-23-19-36(21-25(23)15-29(27)42-5)31(38)9-11-33(40)44-7-2/h12-15H,6-11,16-21H2,1-5H3. The molecular formula is C33H43N3O8. The van der Waals surface area contributed by atoms with E-state index < -0.39 is 0 Å². The van der Waals surface area contributed by atoms with Crippen LogP contribution in [0.5, 0.6) is 11.5 Å². The van der Waals surface area contributed by atoms with E-state index in [4.69, 9.17) is 18.9 Å². The predicted octanol–water partition coefficient (Wildman–Crippen LogP) is 3.71. The van der Waals surface area contributed by atoms with Crippen LogP contribution in [-0.4, -0.2) is 72.9 Å². The van der Waals surface area contributed by atoms with Gasteiger partial charge in [0, 0.05) is 63.2 Å². The Morgan fingerprint density at radius 3 is 1.34 bits per heavy atom. The average Bonchev–Trinajstić information content (AvgIpc) is 3.61. The maximum absolute atomic E-state index is 12.8. The Labute approximate surface area is 259 Å². The minimum absolute atomic E-state index is 0.0742. The average molecular weight is 610 g/mol. The second-order valence-corrected chi connectivity index (χ2v) is 11.1. The lowest BCUT2D eigenvalue weighted by atomic mass is 10.0. The van der Waals surface area contributed by atoms with Crippen LogP contribution in [0.1, 0.15) is 72.9 Å². The number of esters is 2. The van der Waals surface area contributed by atoms with Crippen molar-refractivity contribution in [3.05, 3.63) is 57.6 Å².